The van der Waals surface area contributed by atoms with Gasteiger partial charge in [-0.3, -0.25) is 0 Å². The van der Waals surface area contributed by atoms with Crippen molar-refractivity contribution in [1.29, 1.82) is 0 Å². The lowest BCUT2D eigenvalue weighted by molar-refractivity contribution is 0.221. The van der Waals surface area contributed by atoms with Crippen LogP contribution in [-0.4, -0.2) is 26.5 Å². The van der Waals surface area contributed by atoms with Gasteiger partial charge in [0.2, 0.25) is 0 Å². The normalized spacial score (nSPS) is 12.8. The van der Waals surface area contributed by atoms with E-state index in [0.29, 0.717) is 5.92 Å². The number of hydrogen-bond donors (Lipinski definition) is 1. The van der Waals surface area contributed by atoms with E-state index in [-0.39, 0.29) is 12.5 Å². The van der Waals surface area contributed by atoms with E-state index in [9.17, 15) is 5.11 Å². The van der Waals surface area contributed by atoms with E-state index in [4.69, 9.17) is 11.6 Å². The number of rotatable bonds is 7. The summed E-state index contributed by atoms with van der Waals surface area (Å²) in [4.78, 5) is 4.33. The molecule has 1 heterocycles. The van der Waals surface area contributed by atoms with Crippen LogP contribution in [0, 0.1) is 11.8 Å². The summed E-state index contributed by atoms with van der Waals surface area (Å²) in [6, 6.07) is 7.77. The molecular formula is C16H22ClN3O. The van der Waals surface area contributed by atoms with Gasteiger partial charge in [0.05, 0.1) is 0 Å². The summed E-state index contributed by atoms with van der Waals surface area (Å²) in [7, 11) is 0. The van der Waals surface area contributed by atoms with Gasteiger partial charge in [-0.1, -0.05) is 37.6 Å². The minimum Gasteiger partial charge on any atom is -0.396 e. The first-order valence-corrected chi connectivity index (χ1v) is 7.68. The second-order valence-electron chi connectivity index (χ2n) is 5.84. The van der Waals surface area contributed by atoms with Gasteiger partial charge in [-0.2, -0.15) is 5.10 Å². The lowest BCUT2D eigenvalue weighted by atomic mass is 9.96. The second-order valence-corrected chi connectivity index (χ2v) is 6.27. The van der Waals surface area contributed by atoms with E-state index in [1.807, 2.05) is 28.9 Å². The molecule has 1 unspecified atom stereocenters. The van der Waals surface area contributed by atoms with Crippen LogP contribution in [0.15, 0.2) is 30.6 Å². The van der Waals surface area contributed by atoms with Crippen LogP contribution in [0.4, 0.5) is 0 Å². The Balaban J connectivity index is 2.02. The van der Waals surface area contributed by atoms with E-state index < -0.39 is 0 Å². The Morgan fingerprint density at radius 2 is 1.90 bits per heavy atom. The first kappa shape index (κ1) is 16.0. The molecule has 0 saturated carbocycles. The molecule has 0 spiro atoms. The Kier molecular flexibility index (Phi) is 5.76. The van der Waals surface area contributed by atoms with Crippen LogP contribution in [0.1, 0.15) is 25.2 Å². The van der Waals surface area contributed by atoms with E-state index in [1.165, 1.54) is 5.56 Å². The summed E-state index contributed by atoms with van der Waals surface area (Å²) in [5.74, 6) is 1.60. The highest BCUT2D eigenvalue weighted by Crippen LogP contribution is 2.16. The molecule has 0 amide bonds. The van der Waals surface area contributed by atoms with Crippen molar-refractivity contribution in [3.8, 4) is 0 Å². The number of hydrogen-bond acceptors (Lipinski definition) is 3. The summed E-state index contributed by atoms with van der Waals surface area (Å²) >= 11 is 5.90. The molecule has 0 saturated heterocycles. The van der Waals surface area contributed by atoms with E-state index >= 15 is 0 Å². The number of aliphatic hydroxyl groups excluding tert-OH is 1. The predicted molar refractivity (Wildman–Crippen MR) is 84.3 cm³/mol. The van der Waals surface area contributed by atoms with Gasteiger partial charge in [0.15, 0.2) is 0 Å². The minimum atomic E-state index is 0.136. The van der Waals surface area contributed by atoms with Crippen LogP contribution >= 0.6 is 11.6 Å². The Bertz CT molecular complexity index is 551. The smallest absolute Gasteiger partial charge is 0.138 e. The first-order chi connectivity index (χ1) is 10.1. The molecule has 0 fully saturated rings. The SMILES string of the molecule is CC(C)Cn1ncnc1CC(CO)Cc1ccc(Cl)cc1. The molecule has 0 radical (unpaired) electrons. The van der Waals surface area contributed by atoms with E-state index in [1.54, 1.807) is 6.33 Å². The number of aliphatic hydroxyl groups is 1. The molecule has 2 rings (SSSR count). The molecule has 4 nitrogen and oxygen atoms in total. The van der Waals surface area contributed by atoms with Crippen LogP contribution < -0.4 is 0 Å². The lowest BCUT2D eigenvalue weighted by Gasteiger charge is -2.15. The highest BCUT2D eigenvalue weighted by molar-refractivity contribution is 6.30. The van der Waals surface area contributed by atoms with Crippen molar-refractivity contribution < 1.29 is 5.11 Å². The van der Waals surface area contributed by atoms with Gasteiger partial charge in [0.25, 0.3) is 0 Å². The lowest BCUT2D eigenvalue weighted by Crippen LogP contribution is -2.18. The van der Waals surface area contributed by atoms with Gasteiger partial charge in [-0.15, -0.1) is 0 Å². The molecule has 21 heavy (non-hydrogen) atoms. The third-order valence-corrected chi connectivity index (χ3v) is 3.65. The minimum absolute atomic E-state index is 0.136. The molecule has 0 aliphatic heterocycles. The average molecular weight is 308 g/mol. The number of halogens is 1. The Hall–Kier alpha value is -1.39. The number of nitrogens with zero attached hydrogens (tertiary/aromatic N) is 3. The Morgan fingerprint density at radius 1 is 1.19 bits per heavy atom. The maximum absolute atomic E-state index is 9.63. The fourth-order valence-electron chi connectivity index (χ4n) is 2.36. The van der Waals surface area contributed by atoms with Crippen LogP contribution in [0.5, 0.6) is 0 Å². The molecule has 114 valence electrons. The third kappa shape index (κ3) is 4.83. The Morgan fingerprint density at radius 3 is 2.52 bits per heavy atom. The van der Waals surface area contributed by atoms with Gasteiger partial charge >= 0.3 is 0 Å². The van der Waals surface area contributed by atoms with E-state index in [0.717, 1.165) is 30.2 Å². The highest BCUT2D eigenvalue weighted by Gasteiger charge is 2.14. The zero-order valence-corrected chi connectivity index (χ0v) is 13.3. The average Bonchev–Trinajstić information content (AvgIpc) is 2.87. The van der Waals surface area contributed by atoms with E-state index in [2.05, 4.69) is 23.9 Å². The summed E-state index contributed by atoms with van der Waals surface area (Å²) in [5, 5.41) is 14.6. The van der Waals surface area contributed by atoms with Crippen molar-refractivity contribution in [2.24, 2.45) is 11.8 Å². The van der Waals surface area contributed by atoms with Gasteiger partial charge in [0, 0.05) is 24.6 Å². The van der Waals surface area contributed by atoms with Gasteiger partial charge < -0.3 is 5.11 Å². The van der Waals surface area contributed by atoms with Crippen LogP contribution in [0.3, 0.4) is 0 Å². The summed E-state index contributed by atoms with van der Waals surface area (Å²) in [5.41, 5.74) is 1.17. The zero-order valence-electron chi connectivity index (χ0n) is 12.5. The van der Waals surface area contributed by atoms with Crippen molar-refractivity contribution in [3.05, 3.63) is 47.0 Å². The second kappa shape index (κ2) is 7.57. The van der Waals surface area contributed by atoms with Crippen LogP contribution in [0.2, 0.25) is 5.02 Å². The highest BCUT2D eigenvalue weighted by atomic mass is 35.5. The topological polar surface area (TPSA) is 50.9 Å². The quantitative estimate of drug-likeness (QED) is 0.855. The Labute approximate surface area is 130 Å². The van der Waals surface area contributed by atoms with Crippen LogP contribution in [0.25, 0.3) is 0 Å². The molecular weight excluding hydrogens is 286 g/mol. The molecule has 0 bridgehead atoms. The molecule has 1 atom stereocenters. The van der Waals surface area contributed by atoms with Gasteiger partial charge in [0.1, 0.15) is 12.2 Å². The zero-order chi connectivity index (χ0) is 15.2. The number of benzene rings is 1. The van der Waals surface area contributed by atoms with Crippen molar-refractivity contribution in [2.45, 2.75) is 33.2 Å². The standard InChI is InChI=1S/C16H22ClN3O/c1-12(2)9-20-16(18-11-19-20)8-14(10-21)7-13-3-5-15(17)6-4-13/h3-6,11-12,14,21H,7-10H2,1-2H3. The van der Waals surface area contributed by atoms with Crippen molar-refractivity contribution >= 4 is 11.6 Å². The maximum Gasteiger partial charge on any atom is 0.138 e. The molecule has 0 aliphatic rings. The molecule has 1 aromatic carbocycles. The maximum atomic E-state index is 9.63. The largest absolute Gasteiger partial charge is 0.396 e. The summed E-state index contributed by atoms with van der Waals surface area (Å²) in [6.07, 6.45) is 3.13. The molecule has 0 aliphatic carbocycles. The predicted octanol–water partition coefficient (Wildman–Crippen LogP) is 2.98. The molecule has 1 N–H and O–H groups in total. The molecule has 5 heteroatoms. The van der Waals surface area contributed by atoms with Crippen molar-refractivity contribution in [2.75, 3.05) is 6.61 Å². The fraction of sp³-hybridized carbons (Fsp3) is 0.500. The fourth-order valence-corrected chi connectivity index (χ4v) is 2.48. The van der Waals surface area contributed by atoms with Crippen LogP contribution in [-0.2, 0) is 19.4 Å². The van der Waals surface area contributed by atoms with Gasteiger partial charge in [-0.05, 0) is 36.0 Å². The van der Waals surface area contributed by atoms with Crippen molar-refractivity contribution in [1.82, 2.24) is 14.8 Å². The first-order valence-electron chi connectivity index (χ1n) is 7.30. The number of aromatic nitrogens is 3. The third-order valence-electron chi connectivity index (χ3n) is 3.40. The molecule has 1 aromatic heterocycles. The van der Waals surface area contributed by atoms with Gasteiger partial charge in [-0.25, -0.2) is 9.67 Å². The monoisotopic (exact) mass is 307 g/mol. The summed E-state index contributed by atoms with van der Waals surface area (Å²) < 4.78 is 1.94. The van der Waals surface area contributed by atoms with Crippen molar-refractivity contribution in [3.63, 3.8) is 0 Å². The molecule has 2 aromatic rings. The summed E-state index contributed by atoms with van der Waals surface area (Å²) in [6.45, 7) is 5.30.